The SMILES string of the molecule is C=C(C)Oc1ccc(C(=O)C=Cc2c(OC)cccc2OC)cc1. The van der Waals surface area contributed by atoms with Gasteiger partial charge in [-0.1, -0.05) is 12.6 Å². The maximum atomic E-state index is 12.3. The van der Waals surface area contributed by atoms with E-state index in [0.29, 0.717) is 28.6 Å². The lowest BCUT2D eigenvalue weighted by atomic mass is 10.1. The molecule has 0 amide bonds. The summed E-state index contributed by atoms with van der Waals surface area (Å²) in [5.41, 5.74) is 1.28. The highest BCUT2D eigenvalue weighted by Crippen LogP contribution is 2.29. The van der Waals surface area contributed by atoms with Crippen LogP contribution in [0.3, 0.4) is 0 Å². The number of rotatable bonds is 7. The zero-order valence-corrected chi connectivity index (χ0v) is 14.0. The molecule has 0 bridgehead atoms. The number of benzene rings is 2. The minimum absolute atomic E-state index is 0.121. The molecule has 2 aromatic rings. The summed E-state index contributed by atoms with van der Waals surface area (Å²) in [6.45, 7) is 5.45. The Morgan fingerprint density at radius 2 is 1.58 bits per heavy atom. The molecule has 2 rings (SSSR count). The first kappa shape index (κ1) is 17.3. The van der Waals surface area contributed by atoms with Crippen molar-refractivity contribution in [2.75, 3.05) is 14.2 Å². The number of allylic oxidation sites excluding steroid dienone is 2. The van der Waals surface area contributed by atoms with Crippen molar-refractivity contribution in [3.05, 3.63) is 72.0 Å². The van der Waals surface area contributed by atoms with Crippen LogP contribution < -0.4 is 14.2 Å². The molecule has 0 N–H and O–H groups in total. The Balaban J connectivity index is 2.20. The smallest absolute Gasteiger partial charge is 0.185 e. The van der Waals surface area contributed by atoms with E-state index in [1.54, 1.807) is 51.5 Å². The van der Waals surface area contributed by atoms with Crippen molar-refractivity contribution < 1.29 is 19.0 Å². The number of methoxy groups -OCH3 is 2. The van der Waals surface area contributed by atoms with E-state index in [9.17, 15) is 4.79 Å². The normalized spacial score (nSPS) is 10.5. The molecule has 0 saturated carbocycles. The summed E-state index contributed by atoms with van der Waals surface area (Å²) in [6, 6.07) is 12.4. The molecule has 0 spiro atoms. The van der Waals surface area contributed by atoms with Gasteiger partial charge in [-0.25, -0.2) is 0 Å². The van der Waals surface area contributed by atoms with E-state index >= 15 is 0 Å². The monoisotopic (exact) mass is 324 g/mol. The Morgan fingerprint density at radius 1 is 1.00 bits per heavy atom. The first-order chi connectivity index (χ1) is 11.5. The zero-order valence-electron chi connectivity index (χ0n) is 14.0. The second-order valence-corrected chi connectivity index (χ2v) is 5.10. The fraction of sp³-hybridized carbons (Fsp3) is 0.150. The van der Waals surface area contributed by atoms with Crippen molar-refractivity contribution in [1.29, 1.82) is 0 Å². The Labute approximate surface area is 142 Å². The van der Waals surface area contributed by atoms with Crippen LogP contribution in [0.2, 0.25) is 0 Å². The summed E-state index contributed by atoms with van der Waals surface area (Å²) in [7, 11) is 3.16. The van der Waals surface area contributed by atoms with Gasteiger partial charge in [-0.2, -0.15) is 0 Å². The minimum atomic E-state index is -0.121. The summed E-state index contributed by atoms with van der Waals surface area (Å²) in [5, 5.41) is 0. The van der Waals surface area contributed by atoms with Crippen molar-refractivity contribution in [2.45, 2.75) is 6.92 Å². The molecule has 0 radical (unpaired) electrons. The number of ether oxygens (including phenoxy) is 3. The summed E-state index contributed by atoms with van der Waals surface area (Å²) in [6.07, 6.45) is 3.19. The highest BCUT2D eigenvalue weighted by molar-refractivity contribution is 6.07. The second-order valence-electron chi connectivity index (χ2n) is 5.10. The van der Waals surface area contributed by atoms with Crippen LogP contribution in [-0.4, -0.2) is 20.0 Å². The average molecular weight is 324 g/mol. The van der Waals surface area contributed by atoms with E-state index in [2.05, 4.69) is 6.58 Å². The predicted octanol–water partition coefficient (Wildman–Crippen LogP) is 4.51. The molecule has 124 valence electrons. The molecule has 24 heavy (non-hydrogen) atoms. The van der Waals surface area contributed by atoms with Gasteiger partial charge in [-0.3, -0.25) is 4.79 Å². The summed E-state index contributed by atoms with van der Waals surface area (Å²) < 4.78 is 16.0. The average Bonchev–Trinajstić information content (AvgIpc) is 2.59. The molecular weight excluding hydrogens is 304 g/mol. The molecule has 4 heteroatoms. The molecule has 0 atom stereocenters. The van der Waals surface area contributed by atoms with Gasteiger partial charge in [0.25, 0.3) is 0 Å². The maximum absolute atomic E-state index is 12.3. The topological polar surface area (TPSA) is 44.8 Å². The van der Waals surface area contributed by atoms with E-state index in [1.165, 1.54) is 6.08 Å². The molecule has 0 aliphatic rings. The van der Waals surface area contributed by atoms with Crippen molar-refractivity contribution >= 4 is 11.9 Å². The standard InChI is InChI=1S/C20H20O4/c1-14(2)24-16-10-8-15(9-11-16)18(21)13-12-17-19(22-3)6-5-7-20(17)23-4/h5-13H,1H2,2-4H3. The van der Waals surface area contributed by atoms with E-state index in [-0.39, 0.29) is 5.78 Å². The number of carbonyl (C=O) groups excluding carboxylic acids is 1. The quantitative estimate of drug-likeness (QED) is 0.427. The number of ketones is 1. The van der Waals surface area contributed by atoms with Crippen molar-refractivity contribution in [1.82, 2.24) is 0 Å². The summed E-state index contributed by atoms with van der Waals surface area (Å²) in [4.78, 5) is 12.3. The molecule has 0 saturated heterocycles. The molecule has 0 aromatic heterocycles. The zero-order chi connectivity index (χ0) is 17.5. The van der Waals surface area contributed by atoms with Crippen LogP contribution in [0.4, 0.5) is 0 Å². The van der Waals surface area contributed by atoms with Gasteiger partial charge in [-0.15, -0.1) is 0 Å². The van der Waals surface area contributed by atoms with Crippen molar-refractivity contribution in [3.63, 3.8) is 0 Å². The Hall–Kier alpha value is -3.01. The predicted molar refractivity (Wildman–Crippen MR) is 94.8 cm³/mol. The third kappa shape index (κ3) is 4.26. The Kier molecular flexibility index (Phi) is 5.79. The van der Waals surface area contributed by atoms with Crippen LogP contribution in [0.25, 0.3) is 6.08 Å². The van der Waals surface area contributed by atoms with E-state index in [0.717, 1.165) is 5.56 Å². The Morgan fingerprint density at radius 3 is 2.08 bits per heavy atom. The molecule has 0 aliphatic heterocycles. The number of hydrogen-bond donors (Lipinski definition) is 0. The van der Waals surface area contributed by atoms with Crippen LogP contribution in [-0.2, 0) is 0 Å². The molecule has 0 unspecified atom stereocenters. The lowest BCUT2D eigenvalue weighted by molar-refractivity contribution is 0.104. The number of hydrogen-bond acceptors (Lipinski definition) is 4. The molecule has 0 heterocycles. The minimum Gasteiger partial charge on any atom is -0.496 e. The van der Waals surface area contributed by atoms with Gasteiger partial charge in [0.2, 0.25) is 0 Å². The maximum Gasteiger partial charge on any atom is 0.185 e. The molecule has 2 aromatic carbocycles. The molecule has 4 nitrogen and oxygen atoms in total. The third-order valence-electron chi connectivity index (χ3n) is 3.30. The van der Waals surface area contributed by atoms with Gasteiger partial charge in [0.1, 0.15) is 17.2 Å². The third-order valence-corrected chi connectivity index (χ3v) is 3.30. The first-order valence-electron chi connectivity index (χ1n) is 7.42. The highest BCUT2D eigenvalue weighted by Gasteiger charge is 2.08. The van der Waals surface area contributed by atoms with Crippen LogP contribution in [0, 0.1) is 0 Å². The van der Waals surface area contributed by atoms with Gasteiger partial charge >= 0.3 is 0 Å². The second kappa shape index (κ2) is 8.02. The van der Waals surface area contributed by atoms with Crippen molar-refractivity contribution in [2.24, 2.45) is 0 Å². The highest BCUT2D eigenvalue weighted by atomic mass is 16.5. The first-order valence-corrected chi connectivity index (χ1v) is 7.42. The molecule has 0 aliphatic carbocycles. The van der Waals surface area contributed by atoms with Crippen LogP contribution >= 0.6 is 0 Å². The van der Waals surface area contributed by atoms with Gasteiger partial charge in [0.05, 0.1) is 25.5 Å². The van der Waals surface area contributed by atoms with Crippen molar-refractivity contribution in [3.8, 4) is 17.2 Å². The van der Waals surface area contributed by atoms with Gasteiger partial charge in [-0.05, 0) is 55.5 Å². The van der Waals surface area contributed by atoms with Crippen LogP contribution in [0.1, 0.15) is 22.8 Å². The van der Waals surface area contributed by atoms with Crippen LogP contribution in [0.5, 0.6) is 17.2 Å². The van der Waals surface area contributed by atoms with E-state index in [1.807, 2.05) is 18.2 Å². The van der Waals surface area contributed by atoms with Gasteiger partial charge in [0, 0.05) is 5.56 Å². The lowest BCUT2D eigenvalue weighted by Gasteiger charge is -2.09. The Bertz CT molecular complexity index is 735. The summed E-state index contributed by atoms with van der Waals surface area (Å²) in [5.74, 6) is 2.41. The lowest BCUT2D eigenvalue weighted by Crippen LogP contribution is -1.96. The van der Waals surface area contributed by atoms with Crippen LogP contribution in [0.15, 0.2) is 60.9 Å². The number of carbonyl (C=O) groups is 1. The summed E-state index contributed by atoms with van der Waals surface area (Å²) >= 11 is 0. The molecular formula is C20H20O4. The van der Waals surface area contributed by atoms with E-state index < -0.39 is 0 Å². The molecule has 0 fully saturated rings. The fourth-order valence-electron chi connectivity index (χ4n) is 2.19. The van der Waals surface area contributed by atoms with Gasteiger partial charge in [0.15, 0.2) is 5.78 Å². The largest absolute Gasteiger partial charge is 0.496 e. The fourth-order valence-corrected chi connectivity index (χ4v) is 2.19. The van der Waals surface area contributed by atoms with E-state index in [4.69, 9.17) is 14.2 Å². The van der Waals surface area contributed by atoms with Gasteiger partial charge < -0.3 is 14.2 Å².